The molecule has 0 radical (unpaired) electrons. The van der Waals surface area contributed by atoms with Crippen molar-refractivity contribution >= 4 is 29.1 Å². The van der Waals surface area contributed by atoms with Crippen molar-refractivity contribution in [1.82, 2.24) is 10.2 Å². The number of nitrogens with zero attached hydrogens (tertiary/aromatic N) is 2. The monoisotopic (exact) mass is 611 g/mol. The minimum atomic E-state index is -5.22. The predicted molar refractivity (Wildman–Crippen MR) is 158 cm³/mol. The minimum absolute atomic E-state index is 0.00256. The van der Waals surface area contributed by atoms with E-state index in [0.717, 1.165) is 56.6 Å². The Labute approximate surface area is 251 Å². The highest BCUT2D eigenvalue weighted by molar-refractivity contribution is 6.34. The fourth-order valence-corrected chi connectivity index (χ4v) is 5.64. The van der Waals surface area contributed by atoms with Crippen LogP contribution in [0.1, 0.15) is 68.8 Å². The first kappa shape index (κ1) is 33.5. The molecule has 1 fully saturated rings. The first-order chi connectivity index (χ1) is 19.7. The average Bonchev–Trinajstić information content (AvgIpc) is 2.97. The molecule has 232 valence electrons. The van der Waals surface area contributed by atoms with Gasteiger partial charge in [-0.15, -0.1) is 0 Å². The van der Waals surface area contributed by atoms with Gasteiger partial charge >= 0.3 is 6.18 Å². The van der Waals surface area contributed by atoms with Gasteiger partial charge in [-0.25, -0.2) is 0 Å². The number of aliphatic hydroxyl groups is 1. The molecule has 0 aliphatic carbocycles. The number of anilines is 1. The Kier molecular flexibility index (Phi) is 10.8. The predicted octanol–water partition coefficient (Wildman–Crippen LogP) is 6.17. The van der Waals surface area contributed by atoms with Crippen molar-refractivity contribution in [3.8, 4) is 5.75 Å². The van der Waals surface area contributed by atoms with Gasteiger partial charge in [0.1, 0.15) is 5.75 Å². The van der Waals surface area contributed by atoms with Gasteiger partial charge in [-0.05, 0) is 75.3 Å². The maximum Gasteiger partial charge on any atom is 0.430 e. The summed E-state index contributed by atoms with van der Waals surface area (Å²) in [7, 11) is 3.04. The van der Waals surface area contributed by atoms with E-state index < -0.39 is 23.2 Å². The van der Waals surface area contributed by atoms with Crippen LogP contribution in [0.2, 0.25) is 5.02 Å². The van der Waals surface area contributed by atoms with Gasteiger partial charge in [0.15, 0.2) is 0 Å². The van der Waals surface area contributed by atoms with Crippen LogP contribution in [0.3, 0.4) is 0 Å². The van der Waals surface area contributed by atoms with Crippen molar-refractivity contribution in [2.75, 3.05) is 38.7 Å². The Hall–Kier alpha value is -2.98. The van der Waals surface area contributed by atoms with Gasteiger partial charge < -0.3 is 25.0 Å². The summed E-state index contributed by atoms with van der Waals surface area (Å²) in [6.45, 7) is 7.50. The molecule has 11 heteroatoms. The fourth-order valence-electron chi connectivity index (χ4n) is 5.38. The quantitative estimate of drug-likeness (QED) is 0.297. The molecule has 1 saturated heterocycles. The van der Waals surface area contributed by atoms with Gasteiger partial charge in [0.2, 0.25) is 0 Å². The van der Waals surface area contributed by atoms with Crippen molar-refractivity contribution < 1.29 is 32.6 Å². The second kappa shape index (κ2) is 13.5. The molecule has 2 aromatic rings. The highest BCUT2D eigenvalue weighted by Crippen LogP contribution is 2.42. The molecule has 1 aliphatic heterocycles. The molecule has 2 amide bonds. The Morgan fingerprint density at radius 2 is 1.83 bits per heavy atom. The molecule has 2 aromatic carbocycles. The van der Waals surface area contributed by atoms with E-state index in [0.29, 0.717) is 17.0 Å². The van der Waals surface area contributed by atoms with E-state index in [1.54, 1.807) is 18.0 Å². The third-order valence-corrected chi connectivity index (χ3v) is 8.93. The first-order valence-corrected chi connectivity index (χ1v) is 14.6. The maximum atomic E-state index is 13.9. The highest BCUT2D eigenvalue weighted by Gasteiger charge is 2.60. The molecule has 0 saturated carbocycles. The van der Waals surface area contributed by atoms with Crippen LogP contribution in [0.5, 0.6) is 5.75 Å². The summed E-state index contributed by atoms with van der Waals surface area (Å²) in [6.07, 6.45) is -1.42. The lowest BCUT2D eigenvalue weighted by atomic mass is 9.72. The molecule has 0 aromatic heterocycles. The van der Waals surface area contributed by atoms with Gasteiger partial charge in [-0.3, -0.25) is 9.59 Å². The normalized spacial score (nSPS) is 16.6. The second-order valence-corrected chi connectivity index (χ2v) is 11.7. The van der Waals surface area contributed by atoms with Crippen LogP contribution in [0.4, 0.5) is 18.9 Å². The number of benzene rings is 2. The van der Waals surface area contributed by atoms with Gasteiger partial charge in [0.25, 0.3) is 17.4 Å². The highest BCUT2D eigenvalue weighted by atomic mass is 35.5. The summed E-state index contributed by atoms with van der Waals surface area (Å²) in [5.41, 5.74) is -2.92. The zero-order valence-electron chi connectivity index (χ0n) is 24.9. The topological polar surface area (TPSA) is 82.1 Å². The summed E-state index contributed by atoms with van der Waals surface area (Å²) in [4.78, 5) is 29.3. The maximum absolute atomic E-state index is 13.9. The number of methoxy groups -OCH3 is 1. The van der Waals surface area contributed by atoms with Crippen LogP contribution < -0.4 is 15.0 Å². The molecule has 3 rings (SSSR count). The summed E-state index contributed by atoms with van der Waals surface area (Å²) >= 11 is 6.50. The summed E-state index contributed by atoms with van der Waals surface area (Å²) in [5, 5.41) is 13.3. The fraction of sp³-hybridized carbons (Fsp3) is 0.548. The van der Waals surface area contributed by atoms with E-state index in [-0.39, 0.29) is 29.7 Å². The zero-order chi connectivity index (χ0) is 31.3. The second-order valence-electron chi connectivity index (χ2n) is 11.3. The lowest BCUT2D eigenvalue weighted by Gasteiger charge is -2.43. The van der Waals surface area contributed by atoms with Crippen molar-refractivity contribution in [1.29, 1.82) is 0 Å². The van der Waals surface area contributed by atoms with E-state index >= 15 is 0 Å². The van der Waals surface area contributed by atoms with E-state index in [1.807, 2.05) is 26.0 Å². The van der Waals surface area contributed by atoms with E-state index in [2.05, 4.69) is 17.1 Å². The number of hydrogen-bond acceptors (Lipinski definition) is 5. The van der Waals surface area contributed by atoms with Crippen molar-refractivity contribution in [2.45, 2.75) is 70.7 Å². The molecular formula is C31H41ClF3N3O4. The van der Waals surface area contributed by atoms with Crippen LogP contribution in [0.15, 0.2) is 42.5 Å². The van der Waals surface area contributed by atoms with Crippen LogP contribution >= 0.6 is 11.6 Å². The van der Waals surface area contributed by atoms with E-state index in [4.69, 9.17) is 16.3 Å². The molecular weight excluding hydrogens is 571 g/mol. The molecule has 42 heavy (non-hydrogen) atoms. The summed E-state index contributed by atoms with van der Waals surface area (Å²) in [6, 6.07) is 10.3. The summed E-state index contributed by atoms with van der Waals surface area (Å²) in [5.74, 6) is -1.54. The third-order valence-electron chi connectivity index (χ3n) is 8.61. The lowest BCUT2D eigenvalue weighted by molar-refractivity contribution is -0.257. The number of halogens is 4. The van der Waals surface area contributed by atoms with Crippen LogP contribution in [0, 0.1) is 5.41 Å². The van der Waals surface area contributed by atoms with Crippen LogP contribution in [0.25, 0.3) is 0 Å². The minimum Gasteiger partial charge on any atom is -0.497 e. The molecule has 0 spiro atoms. The Bertz CT molecular complexity index is 1250. The average molecular weight is 612 g/mol. The standard InChI is InChI=1S/C31H41ClF3N3O4/c1-6-29(13-8-16-36-28(40)30(41,31(33,34)35)22-9-7-10-24(19-22)42-5)14-17-38(18-15-29)23-11-12-25(26(32)20-23)27(39)37(4)21(2)3/h7,9-12,19-21,41H,6,8,13-18H2,1-5H3,(H,36,40). The number of nitrogens with one attached hydrogen (secondary N) is 1. The molecule has 1 heterocycles. The Balaban J connectivity index is 1.59. The number of carbonyl (C=O) groups is 2. The van der Waals surface area contributed by atoms with E-state index in [9.17, 15) is 27.9 Å². The van der Waals surface area contributed by atoms with Gasteiger partial charge in [-0.1, -0.05) is 37.1 Å². The molecule has 2 N–H and O–H groups in total. The third kappa shape index (κ3) is 7.14. The largest absolute Gasteiger partial charge is 0.497 e. The summed E-state index contributed by atoms with van der Waals surface area (Å²) < 4.78 is 46.8. The van der Waals surface area contributed by atoms with Gasteiger partial charge in [0, 0.05) is 44.0 Å². The smallest absolute Gasteiger partial charge is 0.430 e. The van der Waals surface area contributed by atoms with Crippen LogP contribution in [-0.4, -0.2) is 67.8 Å². The SMILES string of the molecule is CCC1(CCCNC(=O)C(O)(c2cccc(OC)c2)C(F)(F)F)CCN(c2ccc(C(=O)N(C)C(C)C)c(Cl)c2)CC1. The molecule has 1 atom stereocenters. The number of carbonyl (C=O) groups excluding carboxylic acids is 2. The lowest BCUT2D eigenvalue weighted by Crippen LogP contribution is -2.54. The number of hydrogen-bond donors (Lipinski definition) is 2. The van der Waals surface area contributed by atoms with Gasteiger partial charge in [0.05, 0.1) is 17.7 Å². The molecule has 1 unspecified atom stereocenters. The number of piperidine rings is 1. The Morgan fingerprint density at radius 1 is 1.17 bits per heavy atom. The van der Waals surface area contributed by atoms with Gasteiger partial charge in [-0.2, -0.15) is 13.2 Å². The van der Waals surface area contributed by atoms with Crippen LogP contribution in [-0.2, 0) is 10.4 Å². The number of alkyl halides is 3. The van der Waals surface area contributed by atoms with Crippen molar-refractivity contribution in [2.24, 2.45) is 5.41 Å². The number of amides is 2. The van der Waals surface area contributed by atoms with E-state index in [1.165, 1.54) is 19.2 Å². The first-order valence-electron chi connectivity index (χ1n) is 14.2. The Morgan fingerprint density at radius 3 is 2.38 bits per heavy atom. The molecule has 1 aliphatic rings. The number of ether oxygens (including phenoxy) is 1. The van der Waals surface area contributed by atoms with Crippen molar-refractivity contribution in [3.63, 3.8) is 0 Å². The zero-order valence-corrected chi connectivity index (χ0v) is 25.6. The number of rotatable bonds is 11. The molecule has 0 bridgehead atoms. The molecule has 7 nitrogen and oxygen atoms in total. The van der Waals surface area contributed by atoms with Crippen molar-refractivity contribution in [3.05, 3.63) is 58.6 Å².